The van der Waals surface area contributed by atoms with Gasteiger partial charge in [0.2, 0.25) is 0 Å². The van der Waals surface area contributed by atoms with Gasteiger partial charge < -0.3 is 5.11 Å². The maximum absolute atomic E-state index is 12.4. The quantitative estimate of drug-likeness (QED) is 0.697. The highest BCUT2D eigenvalue weighted by Crippen LogP contribution is 2.29. The Morgan fingerprint density at radius 1 is 1.05 bits per heavy atom. The maximum atomic E-state index is 12.4. The monoisotopic (exact) mass is 294 g/mol. The number of hydrogen-bond acceptors (Lipinski definition) is 4. The Balaban J connectivity index is 1.82. The third-order valence-electron chi connectivity index (χ3n) is 3.57. The lowest BCUT2D eigenvalue weighted by molar-refractivity contribution is -0.138. The molecule has 0 spiro atoms. The SMILES string of the molecule is O=C1CC(c2ccccc2)C(=O)N1N=Cc1ccccc1O. The third kappa shape index (κ3) is 2.61. The van der Waals surface area contributed by atoms with Crippen molar-refractivity contribution in [3.8, 4) is 5.75 Å². The van der Waals surface area contributed by atoms with Crippen LogP contribution in [0.15, 0.2) is 59.7 Å². The minimum Gasteiger partial charge on any atom is -0.507 e. The van der Waals surface area contributed by atoms with Gasteiger partial charge in [0.05, 0.1) is 12.1 Å². The van der Waals surface area contributed by atoms with Crippen molar-refractivity contribution >= 4 is 18.0 Å². The highest BCUT2D eigenvalue weighted by Gasteiger charge is 2.39. The molecule has 5 nitrogen and oxygen atoms in total. The topological polar surface area (TPSA) is 70.0 Å². The molecule has 0 aliphatic carbocycles. The molecule has 0 radical (unpaired) electrons. The summed E-state index contributed by atoms with van der Waals surface area (Å²) in [5, 5.41) is 14.5. The Morgan fingerprint density at radius 3 is 2.45 bits per heavy atom. The number of rotatable bonds is 3. The van der Waals surface area contributed by atoms with E-state index in [1.165, 1.54) is 12.3 Å². The van der Waals surface area contributed by atoms with Crippen LogP contribution < -0.4 is 0 Å². The molecule has 1 saturated heterocycles. The lowest BCUT2D eigenvalue weighted by atomic mass is 9.98. The highest BCUT2D eigenvalue weighted by atomic mass is 16.3. The van der Waals surface area contributed by atoms with Gasteiger partial charge in [-0.1, -0.05) is 42.5 Å². The van der Waals surface area contributed by atoms with Crippen LogP contribution in [-0.4, -0.2) is 28.1 Å². The number of nitrogens with zero attached hydrogens (tertiary/aromatic N) is 2. The zero-order chi connectivity index (χ0) is 15.5. The molecular formula is C17H14N2O3. The fourth-order valence-electron chi connectivity index (χ4n) is 2.40. The number of carbonyl (C=O) groups is 2. The second-order valence-corrected chi connectivity index (χ2v) is 5.01. The van der Waals surface area contributed by atoms with Crippen molar-refractivity contribution in [1.82, 2.24) is 5.01 Å². The van der Waals surface area contributed by atoms with E-state index in [0.717, 1.165) is 10.6 Å². The molecule has 1 heterocycles. The van der Waals surface area contributed by atoms with Crippen LogP contribution in [0.3, 0.4) is 0 Å². The molecule has 22 heavy (non-hydrogen) atoms. The van der Waals surface area contributed by atoms with Gasteiger partial charge in [-0.3, -0.25) is 9.59 Å². The van der Waals surface area contributed by atoms with Crippen LogP contribution >= 0.6 is 0 Å². The van der Waals surface area contributed by atoms with Gasteiger partial charge in [-0.2, -0.15) is 10.1 Å². The molecule has 2 amide bonds. The molecule has 5 heteroatoms. The molecule has 1 N–H and O–H groups in total. The zero-order valence-electron chi connectivity index (χ0n) is 11.7. The Morgan fingerprint density at radius 2 is 1.73 bits per heavy atom. The number of phenolic OH excluding ortho intramolecular Hbond substituents is 1. The Bertz CT molecular complexity index is 741. The van der Waals surface area contributed by atoms with Crippen molar-refractivity contribution in [2.45, 2.75) is 12.3 Å². The largest absolute Gasteiger partial charge is 0.507 e. The Labute approximate surface area is 127 Å². The van der Waals surface area contributed by atoms with E-state index in [1.807, 2.05) is 30.3 Å². The fourth-order valence-corrected chi connectivity index (χ4v) is 2.40. The van der Waals surface area contributed by atoms with E-state index in [0.29, 0.717) is 5.56 Å². The number of aromatic hydroxyl groups is 1. The van der Waals surface area contributed by atoms with Gasteiger partial charge in [0.1, 0.15) is 5.75 Å². The predicted octanol–water partition coefficient (Wildman–Crippen LogP) is 2.27. The van der Waals surface area contributed by atoms with Gasteiger partial charge in [-0.15, -0.1) is 0 Å². The average Bonchev–Trinajstić information content (AvgIpc) is 2.82. The summed E-state index contributed by atoms with van der Waals surface area (Å²) in [6.07, 6.45) is 1.43. The number of benzene rings is 2. The van der Waals surface area contributed by atoms with Gasteiger partial charge >= 0.3 is 0 Å². The van der Waals surface area contributed by atoms with Crippen molar-refractivity contribution in [2.24, 2.45) is 5.10 Å². The molecule has 1 aliphatic rings. The molecule has 1 atom stereocenters. The van der Waals surface area contributed by atoms with E-state index < -0.39 is 5.92 Å². The molecule has 0 saturated carbocycles. The van der Waals surface area contributed by atoms with E-state index in [2.05, 4.69) is 5.10 Å². The number of hydrazone groups is 1. The van der Waals surface area contributed by atoms with Gasteiger partial charge in [0.15, 0.2) is 0 Å². The maximum Gasteiger partial charge on any atom is 0.257 e. The number of hydrogen-bond donors (Lipinski definition) is 1. The van der Waals surface area contributed by atoms with E-state index in [9.17, 15) is 14.7 Å². The first-order valence-corrected chi connectivity index (χ1v) is 6.90. The first-order valence-electron chi connectivity index (χ1n) is 6.90. The van der Waals surface area contributed by atoms with Crippen molar-refractivity contribution in [3.05, 3.63) is 65.7 Å². The summed E-state index contributed by atoms with van der Waals surface area (Å²) in [4.78, 5) is 24.4. The average molecular weight is 294 g/mol. The van der Waals surface area contributed by atoms with E-state index in [-0.39, 0.29) is 24.0 Å². The van der Waals surface area contributed by atoms with Crippen LogP contribution in [0.1, 0.15) is 23.5 Å². The summed E-state index contributed by atoms with van der Waals surface area (Å²) >= 11 is 0. The van der Waals surface area contributed by atoms with Gasteiger partial charge in [-0.25, -0.2) is 0 Å². The smallest absolute Gasteiger partial charge is 0.257 e. The Hall–Kier alpha value is -2.95. The second-order valence-electron chi connectivity index (χ2n) is 5.01. The van der Waals surface area contributed by atoms with Gasteiger partial charge in [0.25, 0.3) is 11.8 Å². The summed E-state index contributed by atoms with van der Waals surface area (Å²) in [7, 11) is 0. The number of amides is 2. The van der Waals surface area contributed by atoms with Crippen LogP contribution in [0.2, 0.25) is 0 Å². The van der Waals surface area contributed by atoms with Crippen molar-refractivity contribution in [1.29, 1.82) is 0 Å². The van der Waals surface area contributed by atoms with Crippen molar-refractivity contribution in [2.75, 3.05) is 0 Å². The first kappa shape index (κ1) is 14.0. The van der Waals surface area contributed by atoms with Gasteiger partial charge in [-0.05, 0) is 17.7 Å². The van der Waals surface area contributed by atoms with Crippen LogP contribution in [0.25, 0.3) is 0 Å². The van der Waals surface area contributed by atoms with E-state index >= 15 is 0 Å². The third-order valence-corrected chi connectivity index (χ3v) is 3.57. The molecule has 0 bridgehead atoms. The molecule has 0 aromatic heterocycles. The van der Waals surface area contributed by atoms with Crippen LogP contribution in [0.5, 0.6) is 5.75 Å². The molecular weight excluding hydrogens is 280 g/mol. The van der Waals surface area contributed by atoms with E-state index in [4.69, 9.17) is 0 Å². The molecule has 1 fully saturated rings. The molecule has 2 aromatic carbocycles. The summed E-state index contributed by atoms with van der Waals surface area (Å²) < 4.78 is 0. The summed E-state index contributed by atoms with van der Waals surface area (Å²) in [6, 6.07) is 15.8. The van der Waals surface area contributed by atoms with Crippen molar-refractivity contribution < 1.29 is 14.7 Å². The standard InChI is InChI=1S/C17H14N2O3/c20-15-9-5-4-8-13(15)11-18-19-16(21)10-14(17(19)22)12-6-2-1-3-7-12/h1-9,11,14,20H,10H2. The second kappa shape index (κ2) is 5.81. The lowest BCUT2D eigenvalue weighted by Gasteiger charge is -2.09. The van der Waals surface area contributed by atoms with E-state index in [1.54, 1.807) is 18.2 Å². The number of imide groups is 1. The van der Waals surface area contributed by atoms with Crippen LogP contribution in [0.4, 0.5) is 0 Å². The lowest BCUT2D eigenvalue weighted by Crippen LogP contribution is -2.24. The molecule has 3 rings (SSSR count). The first-order chi connectivity index (χ1) is 10.7. The summed E-state index contributed by atoms with van der Waals surface area (Å²) in [5.74, 6) is -1.13. The van der Waals surface area contributed by atoms with Crippen LogP contribution in [0, 0.1) is 0 Å². The fraction of sp³-hybridized carbons (Fsp3) is 0.118. The summed E-state index contributed by atoms with van der Waals surface area (Å²) in [5.41, 5.74) is 1.26. The Kier molecular flexibility index (Phi) is 3.70. The number of para-hydroxylation sites is 1. The molecule has 1 unspecified atom stereocenters. The predicted molar refractivity (Wildman–Crippen MR) is 81.4 cm³/mol. The highest BCUT2D eigenvalue weighted by molar-refractivity contribution is 6.06. The van der Waals surface area contributed by atoms with Crippen LogP contribution in [-0.2, 0) is 9.59 Å². The van der Waals surface area contributed by atoms with Crippen molar-refractivity contribution in [3.63, 3.8) is 0 Å². The number of phenols is 1. The molecule has 110 valence electrons. The zero-order valence-corrected chi connectivity index (χ0v) is 11.7. The normalized spacial score (nSPS) is 18.4. The molecule has 1 aliphatic heterocycles. The van der Waals surface area contributed by atoms with Gasteiger partial charge in [0, 0.05) is 12.0 Å². The molecule has 2 aromatic rings. The minimum atomic E-state index is -0.491. The number of carbonyl (C=O) groups excluding carboxylic acids is 2. The minimum absolute atomic E-state index is 0.0463. The summed E-state index contributed by atoms with van der Waals surface area (Å²) in [6.45, 7) is 0.